The van der Waals surface area contributed by atoms with Gasteiger partial charge in [0.2, 0.25) is 5.91 Å². The van der Waals surface area contributed by atoms with Gasteiger partial charge in [-0.15, -0.1) is 0 Å². The lowest BCUT2D eigenvalue weighted by atomic mass is 10.2. The topological polar surface area (TPSA) is 69.6 Å². The molecule has 128 valence electrons. The zero-order valence-corrected chi connectivity index (χ0v) is 14.7. The molecule has 1 amide bonds. The molecule has 1 rings (SSSR count). The largest absolute Gasteiger partial charge is 0.357 e. The van der Waals surface area contributed by atoms with Gasteiger partial charge in [-0.05, 0) is 32.4 Å². The molecule has 0 spiro atoms. The van der Waals surface area contributed by atoms with Crippen molar-refractivity contribution in [3.63, 3.8) is 0 Å². The van der Waals surface area contributed by atoms with Gasteiger partial charge in [-0.2, -0.15) is 0 Å². The van der Waals surface area contributed by atoms with Gasteiger partial charge in [0.25, 0.3) is 0 Å². The number of pyridine rings is 1. The first kappa shape index (κ1) is 18.9. The highest BCUT2D eigenvalue weighted by molar-refractivity contribution is 5.85. The van der Waals surface area contributed by atoms with Crippen molar-refractivity contribution >= 4 is 11.9 Å². The number of likely N-dealkylation sites (N-methyl/N-ethyl adjacent to an activating group) is 1. The molecule has 0 saturated carbocycles. The standard InChI is InChI=1S/C17H29N5O/c1-5-14(3)21-17(18-6-2)20-13-16(23)22(4)12-10-15-9-7-8-11-19-15/h7-9,11,14H,5-6,10,12-13H2,1-4H3,(H2,18,20,21). The zero-order valence-electron chi connectivity index (χ0n) is 14.7. The van der Waals surface area contributed by atoms with Crippen molar-refractivity contribution in [2.75, 3.05) is 26.7 Å². The number of nitrogens with one attached hydrogen (secondary N) is 2. The number of carbonyl (C=O) groups is 1. The van der Waals surface area contributed by atoms with Crippen LogP contribution < -0.4 is 10.6 Å². The second-order valence-corrected chi connectivity index (χ2v) is 5.54. The monoisotopic (exact) mass is 319 g/mol. The predicted molar refractivity (Wildman–Crippen MR) is 94.4 cm³/mol. The van der Waals surface area contributed by atoms with Gasteiger partial charge in [0.05, 0.1) is 0 Å². The summed E-state index contributed by atoms with van der Waals surface area (Å²) in [7, 11) is 1.80. The number of rotatable bonds is 8. The van der Waals surface area contributed by atoms with Crippen LogP contribution in [0, 0.1) is 0 Å². The molecule has 23 heavy (non-hydrogen) atoms. The predicted octanol–water partition coefficient (Wildman–Crippen LogP) is 1.44. The number of nitrogens with zero attached hydrogens (tertiary/aromatic N) is 3. The van der Waals surface area contributed by atoms with Crippen molar-refractivity contribution in [1.82, 2.24) is 20.5 Å². The molecular weight excluding hydrogens is 290 g/mol. The third-order valence-corrected chi connectivity index (χ3v) is 3.57. The van der Waals surface area contributed by atoms with Crippen molar-refractivity contribution in [2.24, 2.45) is 4.99 Å². The van der Waals surface area contributed by atoms with Gasteiger partial charge in [0, 0.05) is 44.5 Å². The van der Waals surface area contributed by atoms with E-state index in [0.29, 0.717) is 18.5 Å². The fraction of sp³-hybridized carbons (Fsp3) is 0.588. The van der Waals surface area contributed by atoms with Crippen LogP contribution >= 0.6 is 0 Å². The van der Waals surface area contributed by atoms with E-state index in [-0.39, 0.29) is 12.5 Å². The normalized spacial score (nSPS) is 12.6. The Morgan fingerprint density at radius 1 is 1.39 bits per heavy atom. The minimum Gasteiger partial charge on any atom is -0.357 e. The van der Waals surface area contributed by atoms with Crippen molar-refractivity contribution in [3.8, 4) is 0 Å². The third-order valence-electron chi connectivity index (χ3n) is 3.57. The number of hydrogen-bond donors (Lipinski definition) is 2. The van der Waals surface area contributed by atoms with Crippen LogP contribution in [0.5, 0.6) is 0 Å². The molecule has 1 aromatic rings. The van der Waals surface area contributed by atoms with Gasteiger partial charge in [0.1, 0.15) is 6.54 Å². The van der Waals surface area contributed by atoms with Crippen molar-refractivity contribution < 1.29 is 4.79 Å². The van der Waals surface area contributed by atoms with Gasteiger partial charge in [-0.25, -0.2) is 4.99 Å². The number of aliphatic imine (C=N–C) groups is 1. The Morgan fingerprint density at radius 2 is 2.17 bits per heavy atom. The smallest absolute Gasteiger partial charge is 0.244 e. The Labute approximate surface area is 139 Å². The van der Waals surface area contributed by atoms with Crippen LogP contribution in [0.2, 0.25) is 0 Å². The Kier molecular flexibility index (Phi) is 8.72. The summed E-state index contributed by atoms with van der Waals surface area (Å²) in [5.41, 5.74) is 0.988. The SMILES string of the molecule is CCNC(=NCC(=O)N(C)CCc1ccccn1)NC(C)CC. The van der Waals surface area contributed by atoms with Gasteiger partial charge in [-0.3, -0.25) is 9.78 Å². The Bertz CT molecular complexity index is 489. The summed E-state index contributed by atoms with van der Waals surface area (Å²) in [6, 6.07) is 6.14. The highest BCUT2D eigenvalue weighted by Crippen LogP contribution is 1.97. The van der Waals surface area contributed by atoms with Crippen molar-refractivity contribution in [2.45, 2.75) is 39.7 Å². The molecule has 0 aromatic carbocycles. The summed E-state index contributed by atoms with van der Waals surface area (Å²) < 4.78 is 0. The Hall–Kier alpha value is -2.11. The van der Waals surface area contributed by atoms with Crippen LogP contribution in [-0.4, -0.2) is 54.5 Å². The first-order valence-corrected chi connectivity index (χ1v) is 8.25. The minimum absolute atomic E-state index is 0.00212. The Balaban J connectivity index is 2.46. The molecule has 0 aliphatic rings. The van der Waals surface area contributed by atoms with Crippen LogP contribution in [0.1, 0.15) is 32.9 Å². The molecule has 6 nitrogen and oxygen atoms in total. The molecule has 0 aliphatic carbocycles. The summed E-state index contributed by atoms with van der Waals surface area (Å²) in [6.45, 7) is 7.76. The average Bonchev–Trinajstić information content (AvgIpc) is 2.58. The van der Waals surface area contributed by atoms with E-state index in [1.165, 1.54) is 0 Å². The van der Waals surface area contributed by atoms with Gasteiger partial charge in [-0.1, -0.05) is 13.0 Å². The first-order valence-electron chi connectivity index (χ1n) is 8.25. The molecular formula is C17H29N5O. The summed E-state index contributed by atoms with van der Waals surface area (Å²) >= 11 is 0. The van der Waals surface area contributed by atoms with Crippen LogP contribution in [0.3, 0.4) is 0 Å². The number of carbonyl (C=O) groups excluding carboxylic acids is 1. The van der Waals surface area contributed by atoms with E-state index in [0.717, 1.165) is 25.1 Å². The van der Waals surface area contributed by atoms with Crippen LogP contribution in [-0.2, 0) is 11.2 Å². The minimum atomic E-state index is 0.00212. The van der Waals surface area contributed by atoms with Gasteiger partial charge < -0.3 is 15.5 Å². The van der Waals surface area contributed by atoms with Gasteiger partial charge >= 0.3 is 0 Å². The highest BCUT2D eigenvalue weighted by Gasteiger charge is 2.09. The molecule has 0 aliphatic heterocycles. The average molecular weight is 319 g/mol. The molecule has 2 N–H and O–H groups in total. The molecule has 1 unspecified atom stereocenters. The van der Waals surface area contributed by atoms with E-state index >= 15 is 0 Å². The molecule has 1 atom stereocenters. The van der Waals surface area contributed by atoms with E-state index < -0.39 is 0 Å². The number of guanidine groups is 1. The molecule has 0 fully saturated rings. The van der Waals surface area contributed by atoms with E-state index in [9.17, 15) is 4.79 Å². The summed E-state index contributed by atoms with van der Waals surface area (Å²) in [5.74, 6) is 0.690. The lowest BCUT2D eigenvalue weighted by Crippen LogP contribution is -2.42. The lowest BCUT2D eigenvalue weighted by molar-refractivity contribution is -0.128. The number of aromatic nitrogens is 1. The first-order chi connectivity index (χ1) is 11.1. The number of hydrogen-bond acceptors (Lipinski definition) is 3. The summed E-state index contributed by atoms with van der Waals surface area (Å²) in [5, 5.41) is 6.44. The second kappa shape index (κ2) is 10.6. The van der Waals surface area contributed by atoms with Gasteiger partial charge in [0.15, 0.2) is 5.96 Å². The zero-order chi connectivity index (χ0) is 17.1. The fourth-order valence-corrected chi connectivity index (χ4v) is 1.88. The second-order valence-electron chi connectivity index (χ2n) is 5.54. The molecule has 6 heteroatoms. The fourth-order valence-electron chi connectivity index (χ4n) is 1.88. The maximum Gasteiger partial charge on any atom is 0.244 e. The maximum absolute atomic E-state index is 12.2. The van der Waals surface area contributed by atoms with Crippen LogP contribution in [0.4, 0.5) is 0 Å². The molecule has 0 radical (unpaired) electrons. The van der Waals surface area contributed by atoms with E-state index in [2.05, 4.69) is 34.5 Å². The highest BCUT2D eigenvalue weighted by atomic mass is 16.2. The Morgan fingerprint density at radius 3 is 2.78 bits per heavy atom. The summed E-state index contributed by atoms with van der Waals surface area (Å²) in [4.78, 5) is 22.5. The molecule has 1 aromatic heterocycles. The van der Waals surface area contributed by atoms with Crippen LogP contribution in [0.25, 0.3) is 0 Å². The maximum atomic E-state index is 12.2. The molecule has 0 bridgehead atoms. The lowest BCUT2D eigenvalue weighted by Gasteiger charge is -2.18. The molecule has 0 saturated heterocycles. The quantitative estimate of drug-likeness (QED) is 0.562. The van der Waals surface area contributed by atoms with Crippen LogP contribution in [0.15, 0.2) is 29.4 Å². The molecule has 1 heterocycles. The number of amides is 1. The summed E-state index contributed by atoms with van der Waals surface area (Å²) in [6.07, 6.45) is 3.52. The van der Waals surface area contributed by atoms with E-state index in [1.54, 1.807) is 18.1 Å². The third kappa shape index (κ3) is 7.63. The van der Waals surface area contributed by atoms with Crippen molar-refractivity contribution in [3.05, 3.63) is 30.1 Å². The van der Waals surface area contributed by atoms with E-state index in [1.807, 2.05) is 25.1 Å². The van der Waals surface area contributed by atoms with E-state index in [4.69, 9.17) is 0 Å². The van der Waals surface area contributed by atoms with Crippen molar-refractivity contribution in [1.29, 1.82) is 0 Å².